The van der Waals surface area contributed by atoms with Gasteiger partial charge in [-0.3, -0.25) is 4.79 Å². The first-order valence-corrected chi connectivity index (χ1v) is 7.28. The predicted molar refractivity (Wildman–Crippen MR) is 80.0 cm³/mol. The molecule has 0 saturated carbocycles. The summed E-state index contributed by atoms with van der Waals surface area (Å²) in [5.74, 6) is 0.156. The van der Waals surface area contributed by atoms with Gasteiger partial charge in [0.25, 0.3) is 0 Å². The summed E-state index contributed by atoms with van der Waals surface area (Å²) in [6, 6.07) is 8.33. The van der Waals surface area contributed by atoms with Crippen LogP contribution in [0.2, 0.25) is 0 Å². The number of thiazole rings is 1. The molecule has 0 spiro atoms. The fraction of sp³-hybridized carbons (Fsp3) is 0.375. The average Bonchev–Trinajstić information content (AvgIpc) is 2.75. The Morgan fingerprint density at radius 3 is 2.32 bits per heavy atom. The van der Waals surface area contributed by atoms with E-state index < -0.39 is 0 Å². The molecule has 0 amide bonds. The zero-order chi connectivity index (χ0) is 14.0. The fourth-order valence-corrected chi connectivity index (χ4v) is 2.70. The normalized spacial score (nSPS) is 11.6. The van der Waals surface area contributed by atoms with Crippen LogP contribution in [0, 0.1) is 6.92 Å². The number of aromatic nitrogens is 1. The maximum Gasteiger partial charge on any atom is 0.179 e. The van der Waals surface area contributed by atoms with Gasteiger partial charge in [0.15, 0.2) is 5.78 Å². The summed E-state index contributed by atoms with van der Waals surface area (Å²) >= 11 is 1.42. The SMILES string of the molecule is Cc1ncsc1C(=O)Cc1ccc(C(C)(C)C)cc1. The van der Waals surface area contributed by atoms with Gasteiger partial charge in [-0.15, -0.1) is 11.3 Å². The Labute approximate surface area is 118 Å². The van der Waals surface area contributed by atoms with Crippen molar-refractivity contribution in [3.05, 3.63) is 51.5 Å². The van der Waals surface area contributed by atoms with Crippen LogP contribution in [0.3, 0.4) is 0 Å². The van der Waals surface area contributed by atoms with E-state index in [1.165, 1.54) is 16.9 Å². The van der Waals surface area contributed by atoms with E-state index in [4.69, 9.17) is 0 Å². The lowest BCUT2D eigenvalue weighted by atomic mass is 9.86. The summed E-state index contributed by atoms with van der Waals surface area (Å²) in [7, 11) is 0. The van der Waals surface area contributed by atoms with Crippen LogP contribution < -0.4 is 0 Å². The van der Waals surface area contributed by atoms with E-state index in [1.54, 1.807) is 5.51 Å². The number of rotatable bonds is 3. The third kappa shape index (κ3) is 3.29. The van der Waals surface area contributed by atoms with Gasteiger partial charge in [-0.25, -0.2) is 4.98 Å². The zero-order valence-corrected chi connectivity index (χ0v) is 12.7. The lowest BCUT2D eigenvalue weighted by Gasteiger charge is -2.19. The second-order valence-electron chi connectivity index (χ2n) is 5.81. The molecule has 0 radical (unpaired) electrons. The van der Waals surface area contributed by atoms with Crippen molar-refractivity contribution < 1.29 is 4.79 Å². The molecular formula is C16H19NOS. The summed E-state index contributed by atoms with van der Waals surface area (Å²) in [6.45, 7) is 8.45. The third-order valence-corrected chi connectivity index (χ3v) is 4.15. The molecule has 19 heavy (non-hydrogen) atoms. The third-order valence-electron chi connectivity index (χ3n) is 3.18. The Balaban J connectivity index is 2.12. The molecule has 0 atom stereocenters. The van der Waals surface area contributed by atoms with Gasteiger partial charge < -0.3 is 0 Å². The van der Waals surface area contributed by atoms with E-state index in [9.17, 15) is 4.79 Å². The molecule has 3 heteroatoms. The minimum Gasteiger partial charge on any atom is -0.293 e. The molecule has 1 aromatic heterocycles. The van der Waals surface area contributed by atoms with E-state index in [2.05, 4.69) is 50.0 Å². The van der Waals surface area contributed by atoms with Gasteiger partial charge in [0.1, 0.15) is 0 Å². The second-order valence-corrected chi connectivity index (χ2v) is 6.67. The van der Waals surface area contributed by atoms with Crippen LogP contribution >= 0.6 is 11.3 Å². The molecule has 2 rings (SSSR count). The first-order valence-electron chi connectivity index (χ1n) is 6.40. The number of ketones is 1. The summed E-state index contributed by atoms with van der Waals surface area (Å²) in [5, 5.41) is 0. The first kappa shape index (κ1) is 13.9. The van der Waals surface area contributed by atoms with Gasteiger partial charge in [0.2, 0.25) is 0 Å². The van der Waals surface area contributed by atoms with Gasteiger partial charge in [-0.1, -0.05) is 45.0 Å². The van der Waals surface area contributed by atoms with E-state index in [1.807, 2.05) is 6.92 Å². The van der Waals surface area contributed by atoms with E-state index in [0.29, 0.717) is 6.42 Å². The molecule has 0 fully saturated rings. The average molecular weight is 273 g/mol. The molecule has 0 unspecified atom stereocenters. The van der Waals surface area contributed by atoms with E-state index in [-0.39, 0.29) is 11.2 Å². The Bertz CT molecular complexity index is 576. The van der Waals surface area contributed by atoms with Crippen molar-refractivity contribution in [2.45, 2.75) is 39.5 Å². The summed E-state index contributed by atoms with van der Waals surface area (Å²) in [4.78, 5) is 17.0. The lowest BCUT2D eigenvalue weighted by Crippen LogP contribution is -2.11. The summed E-state index contributed by atoms with van der Waals surface area (Å²) in [6.07, 6.45) is 0.452. The smallest absolute Gasteiger partial charge is 0.179 e. The van der Waals surface area contributed by atoms with Gasteiger partial charge in [0, 0.05) is 6.42 Å². The molecular weight excluding hydrogens is 254 g/mol. The number of hydrogen-bond donors (Lipinski definition) is 0. The molecule has 1 aromatic carbocycles. The van der Waals surface area contributed by atoms with Crippen LogP contribution in [0.4, 0.5) is 0 Å². The number of carbonyl (C=O) groups excluding carboxylic acids is 1. The molecule has 0 aliphatic carbocycles. The van der Waals surface area contributed by atoms with Crippen LogP contribution in [0.25, 0.3) is 0 Å². The molecule has 0 bridgehead atoms. The molecule has 2 aromatic rings. The van der Waals surface area contributed by atoms with E-state index >= 15 is 0 Å². The van der Waals surface area contributed by atoms with Crippen molar-refractivity contribution >= 4 is 17.1 Å². The zero-order valence-electron chi connectivity index (χ0n) is 11.9. The summed E-state index contributed by atoms with van der Waals surface area (Å²) < 4.78 is 0. The van der Waals surface area contributed by atoms with Gasteiger partial charge in [-0.2, -0.15) is 0 Å². The van der Waals surface area contributed by atoms with Crippen molar-refractivity contribution in [2.24, 2.45) is 0 Å². The topological polar surface area (TPSA) is 30.0 Å². The van der Waals surface area contributed by atoms with Crippen LogP contribution in [-0.4, -0.2) is 10.8 Å². The predicted octanol–water partition coefficient (Wildman–Crippen LogP) is 4.17. The van der Waals surface area contributed by atoms with Crippen LogP contribution in [0.15, 0.2) is 29.8 Å². The van der Waals surface area contributed by atoms with Crippen LogP contribution in [0.1, 0.15) is 47.3 Å². The van der Waals surface area contributed by atoms with Gasteiger partial charge >= 0.3 is 0 Å². The van der Waals surface area contributed by atoms with Crippen molar-refractivity contribution in [3.63, 3.8) is 0 Å². The first-order chi connectivity index (χ1) is 8.88. The highest BCUT2D eigenvalue weighted by atomic mass is 32.1. The monoisotopic (exact) mass is 273 g/mol. The highest BCUT2D eigenvalue weighted by Crippen LogP contribution is 2.23. The van der Waals surface area contributed by atoms with Crippen molar-refractivity contribution in [1.82, 2.24) is 4.98 Å². The highest BCUT2D eigenvalue weighted by Gasteiger charge is 2.15. The minimum absolute atomic E-state index is 0.150. The van der Waals surface area contributed by atoms with Crippen LogP contribution in [-0.2, 0) is 11.8 Å². The molecule has 0 saturated heterocycles. The maximum absolute atomic E-state index is 12.1. The number of benzene rings is 1. The number of nitrogens with zero attached hydrogens (tertiary/aromatic N) is 1. The van der Waals surface area contributed by atoms with Gasteiger partial charge in [-0.05, 0) is 23.5 Å². The molecule has 0 aliphatic rings. The quantitative estimate of drug-likeness (QED) is 0.785. The number of carbonyl (C=O) groups is 1. The van der Waals surface area contributed by atoms with E-state index in [0.717, 1.165) is 16.1 Å². The number of hydrogen-bond acceptors (Lipinski definition) is 3. The molecule has 1 heterocycles. The molecule has 0 aliphatic heterocycles. The lowest BCUT2D eigenvalue weighted by molar-refractivity contribution is 0.0996. The van der Waals surface area contributed by atoms with Crippen molar-refractivity contribution in [1.29, 1.82) is 0 Å². The standard InChI is InChI=1S/C16H19NOS/c1-11-15(19-10-17-11)14(18)9-12-5-7-13(8-6-12)16(2,3)4/h5-8,10H,9H2,1-4H3. The number of Topliss-reactive ketones (excluding diaryl/α,β-unsaturated/α-hetero) is 1. The second kappa shape index (κ2) is 5.25. The number of aryl methyl sites for hydroxylation is 1. The Morgan fingerprint density at radius 1 is 1.21 bits per heavy atom. The largest absolute Gasteiger partial charge is 0.293 e. The van der Waals surface area contributed by atoms with Crippen molar-refractivity contribution in [2.75, 3.05) is 0 Å². The van der Waals surface area contributed by atoms with Gasteiger partial charge in [0.05, 0.1) is 16.1 Å². The minimum atomic E-state index is 0.150. The van der Waals surface area contributed by atoms with Crippen LogP contribution in [0.5, 0.6) is 0 Å². The Morgan fingerprint density at radius 2 is 1.84 bits per heavy atom. The summed E-state index contributed by atoms with van der Waals surface area (Å²) in [5.41, 5.74) is 5.06. The molecule has 2 nitrogen and oxygen atoms in total. The Kier molecular flexibility index (Phi) is 3.85. The highest BCUT2D eigenvalue weighted by molar-refractivity contribution is 7.11. The fourth-order valence-electron chi connectivity index (χ4n) is 1.96. The molecule has 0 N–H and O–H groups in total. The van der Waals surface area contributed by atoms with Crippen molar-refractivity contribution in [3.8, 4) is 0 Å². The maximum atomic E-state index is 12.1. The molecule has 100 valence electrons. The Hall–Kier alpha value is -1.48.